The topological polar surface area (TPSA) is 65.5 Å². The highest BCUT2D eigenvalue weighted by Crippen LogP contribution is 2.11. The van der Waals surface area contributed by atoms with Gasteiger partial charge in [0.1, 0.15) is 0 Å². The van der Waals surface area contributed by atoms with Crippen LogP contribution in [0, 0.1) is 5.92 Å². The molecule has 0 radical (unpaired) electrons. The van der Waals surface area contributed by atoms with Crippen LogP contribution in [-0.2, 0) is 11.3 Å². The Hall–Kier alpha value is -1.75. The van der Waals surface area contributed by atoms with Crippen molar-refractivity contribution in [2.45, 2.75) is 27.3 Å². The van der Waals surface area contributed by atoms with Crippen LogP contribution in [0.1, 0.15) is 26.3 Å². The summed E-state index contributed by atoms with van der Waals surface area (Å²) in [6.45, 7) is 8.28. The second-order valence-electron chi connectivity index (χ2n) is 5.20. The van der Waals surface area contributed by atoms with Crippen LogP contribution in [0.4, 0.5) is 0 Å². The summed E-state index contributed by atoms with van der Waals surface area (Å²) in [4.78, 5) is 16.0. The van der Waals surface area contributed by atoms with Gasteiger partial charge >= 0.3 is 0 Å². The minimum atomic E-state index is 0.00438. The molecule has 1 rings (SSSR count). The molecule has 0 fully saturated rings. The fourth-order valence-electron chi connectivity index (χ4n) is 1.72. The first-order chi connectivity index (χ1) is 10.5. The summed E-state index contributed by atoms with van der Waals surface area (Å²) in [5.74, 6) is 0.786. The van der Waals surface area contributed by atoms with E-state index in [1.165, 1.54) is 0 Å². The molecule has 0 saturated carbocycles. The Morgan fingerprint density at radius 3 is 2.59 bits per heavy atom. The van der Waals surface area contributed by atoms with Crippen molar-refractivity contribution in [1.82, 2.24) is 16.0 Å². The third-order valence-corrected chi connectivity index (χ3v) is 3.13. The first kappa shape index (κ1) is 18.3. The normalized spacial score (nSPS) is 11.4. The lowest BCUT2D eigenvalue weighted by molar-refractivity contribution is -0.123. The van der Waals surface area contributed by atoms with E-state index >= 15 is 0 Å². The van der Waals surface area contributed by atoms with Gasteiger partial charge in [-0.2, -0.15) is 0 Å². The number of hydrogen-bond acceptors (Lipinski definition) is 2. The van der Waals surface area contributed by atoms with Gasteiger partial charge in [-0.3, -0.25) is 4.79 Å². The zero-order valence-corrected chi connectivity index (χ0v) is 14.2. The van der Waals surface area contributed by atoms with Gasteiger partial charge in [-0.25, -0.2) is 4.99 Å². The highest BCUT2D eigenvalue weighted by Gasteiger charge is 2.05. The van der Waals surface area contributed by atoms with Gasteiger partial charge in [0.2, 0.25) is 5.91 Å². The van der Waals surface area contributed by atoms with E-state index in [-0.39, 0.29) is 11.8 Å². The first-order valence-electron chi connectivity index (χ1n) is 7.57. The summed E-state index contributed by atoms with van der Waals surface area (Å²) in [6.07, 6.45) is 0. The third-order valence-electron chi connectivity index (χ3n) is 2.89. The molecular weight excluding hydrogens is 300 g/mol. The van der Waals surface area contributed by atoms with Crippen LogP contribution in [0.15, 0.2) is 29.3 Å². The average molecular weight is 325 g/mol. The number of nitrogens with one attached hydrogen (secondary N) is 3. The maximum absolute atomic E-state index is 11.5. The Bertz CT molecular complexity index is 503. The Labute approximate surface area is 137 Å². The molecular formula is C16H25ClN4O. The maximum atomic E-state index is 11.5. The summed E-state index contributed by atoms with van der Waals surface area (Å²) in [7, 11) is 0. The average Bonchev–Trinajstić information content (AvgIpc) is 2.48. The smallest absolute Gasteiger partial charge is 0.222 e. The Kier molecular flexibility index (Phi) is 8.36. The minimum Gasteiger partial charge on any atom is -0.357 e. The zero-order valence-electron chi connectivity index (χ0n) is 13.4. The molecule has 0 bridgehead atoms. The molecule has 0 spiro atoms. The van der Waals surface area contributed by atoms with E-state index in [9.17, 15) is 4.79 Å². The van der Waals surface area contributed by atoms with E-state index in [2.05, 4.69) is 20.9 Å². The van der Waals surface area contributed by atoms with Crippen molar-refractivity contribution in [3.05, 3.63) is 34.9 Å². The van der Waals surface area contributed by atoms with Crippen molar-refractivity contribution in [3.63, 3.8) is 0 Å². The molecule has 0 aliphatic rings. The van der Waals surface area contributed by atoms with Gasteiger partial charge < -0.3 is 16.0 Å². The molecule has 0 atom stereocenters. The predicted octanol–water partition coefficient (Wildman–Crippen LogP) is 2.17. The first-order valence-corrected chi connectivity index (χ1v) is 7.95. The maximum Gasteiger partial charge on any atom is 0.222 e. The van der Waals surface area contributed by atoms with Gasteiger partial charge in [0.25, 0.3) is 0 Å². The largest absolute Gasteiger partial charge is 0.357 e. The van der Waals surface area contributed by atoms with Crippen molar-refractivity contribution in [2.24, 2.45) is 10.9 Å². The van der Waals surface area contributed by atoms with Gasteiger partial charge in [-0.1, -0.05) is 37.6 Å². The number of aliphatic imine (C=N–C) groups is 1. The van der Waals surface area contributed by atoms with Crippen LogP contribution in [0.5, 0.6) is 0 Å². The Balaban J connectivity index is 2.44. The van der Waals surface area contributed by atoms with Crippen LogP contribution >= 0.6 is 11.6 Å². The number of nitrogens with zero attached hydrogens (tertiary/aromatic N) is 1. The van der Waals surface area contributed by atoms with E-state index in [0.29, 0.717) is 24.7 Å². The molecule has 0 heterocycles. The van der Waals surface area contributed by atoms with Crippen LogP contribution in [0.3, 0.4) is 0 Å². The van der Waals surface area contributed by atoms with Crippen LogP contribution in [-0.4, -0.2) is 31.5 Å². The van der Waals surface area contributed by atoms with E-state index in [1.54, 1.807) is 0 Å². The minimum absolute atomic E-state index is 0.00438. The molecule has 122 valence electrons. The number of carbonyl (C=O) groups excluding carboxylic acids is 1. The molecule has 0 aliphatic carbocycles. The predicted molar refractivity (Wildman–Crippen MR) is 92.1 cm³/mol. The molecule has 1 aromatic carbocycles. The fraction of sp³-hybridized carbons (Fsp3) is 0.500. The van der Waals surface area contributed by atoms with Gasteiger partial charge in [-0.05, 0) is 24.6 Å². The molecule has 0 saturated heterocycles. The lowest BCUT2D eigenvalue weighted by Crippen LogP contribution is -2.42. The van der Waals surface area contributed by atoms with E-state index in [1.807, 2.05) is 45.0 Å². The summed E-state index contributed by atoms with van der Waals surface area (Å²) in [5, 5.41) is 9.93. The lowest BCUT2D eigenvalue weighted by atomic mass is 10.2. The van der Waals surface area contributed by atoms with Crippen molar-refractivity contribution in [3.8, 4) is 0 Å². The van der Waals surface area contributed by atoms with E-state index < -0.39 is 0 Å². The SMILES string of the molecule is CCNC(=NCc1cccc(Cl)c1)NCCNC(=O)C(C)C. The van der Waals surface area contributed by atoms with Gasteiger partial charge in [0.15, 0.2) is 5.96 Å². The fourth-order valence-corrected chi connectivity index (χ4v) is 1.93. The highest BCUT2D eigenvalue weighted by atomic mass is 35.5. The number of hydrogen-bond donors (Lipinski definition) is 3. The third kappa shape index (κ3) is 7.31. The summed E-state index contributed by atoms with van der Waals surface area (Å²) in [5.41, 5.74) is 1.05. The van der Waals surface area contributed by atoms with Crippen molar-refractivity contribution >= 4 is 23.5 Å². The van der Waals surface area contributed by atoms with Crippen LogP contribution in [0.2, 0.25) is 5.02 Å². The van der Waals surface area contributed by atoms with Crippen molar-refractivity contribution < 1.29 is 4.79 Å². The van der Waals surface area contributed by atoms with Crippen LogP contribution in [0.25, 0.3) is 0 Å². The molecule has 6 heteroatoms. The molecule has 0 aliphatic heterocycles. The van der Waals surface area contributed by atoms with Gasteiger partial charge in [-0.15, -0.1) is 0 Å². The van der Waals surface area contributed by atoms with Crippen molar-refractivity contribution in [1.29, 1.82) is 0 Å². The van der Waals surface area contributed by atoms with E-state index in [4.69, 9.17) is 11.6 Å². The number of amides is 1. The van der Waals surface area contributed by atoms with Gasteiger partial charge in [0.05, 0.1) is 6.54 Å². The molecule has 1 aromatic rings. The Morgan fingerprint density at radius 1 is 1.23 bits per heavy atom. The number of halogens is 1. The highest BCUT2D eigenvalue weighted by molar-refractivity contribution is 6.30. The summed E-state index contributed by atoms with van der Waals surface area (Å²) in [6, 6.07) is 7.64. The molecule has 1 amide bonds. The molecule has 0 aromatic heterocycles. The monoisotopic (exact) mass is 324 g/mol. The molecule has 0 unspecified atom stereocenters. The van der Waals surface area contributed by atoms with E-state index in [0.717, 1.165) is 18.1 Å². The number of rotatable bonds is 7. The molecule has 22 heavy (non-hydrogen) atoms. The second kappa shape index (κ2) is 10.1. The quantitative estimate of drug-likeness (QED) is 0.409. The summed E-state index contributed by atoms with van der Waals surface area (Å²) >= 11 is 5.96. The second-order valence-corrected chi connectivity index (χ2v) is 5.63. The summed E-state index contributed by atoms with van der Waals surface area (Å²) < 4.78 is 0. The molecule has 3 N–H and O–H groups in total. The van der Waals surface area contributed by atoms with Gasteiger partial charge in [0, 0.05) is 30.6 Å². The van der Waals surface area contributed by atoms with Crippen molar-refractivity contribution in [2.75, 3.05) is 19.6 Å². The number of carbonyl (C=O) groups is 1. The van der Waals surface area contributed by atoms with Crippen LogP contribution < -0.4 is 16.0 Å². The number of guanidine groups is 1. The Morgan fingerprint density at radius 2 is 1.95 bits per heavy atom. The lowest BCUT2D eigenvalue weighted by Gasteiger charge is -2.12. The zero-order chi connectivity index (χ0) is 16.4. The number of benzene rings is 1. The molecule has 5 nitrogen and oxygen atoms in total. The standard InChI is InChI=1S/C16H25ClN4O/c1-4-18-16(20-9-8-19-15(22)12(2)3)21-11-13-6-5-7-14(17)10-13/h5-7,10,12H,4,8-9,11H2,1-3H3,(H,19,22)(H2,18,20,21).